The predicted octanol–water partition coefficient (Wildman–Crippen LogP) is 1.69. The second-order valence-corrected chi connectivity index (χ2v) is 7.41. The Morgan fingerprint density at radius 2 is 2.04 bits per heavy atom. The Hall–Kier alpha value is -2.18. The van der Waals surface area contributed by atoms with E-state index in [2.05, 4.69) is 29.1 Å². The summed E-state index contributed by atoms with van der Waals surface area (Å²) < 4.78 is 7.99. The normalized spacial score (nSPS) is 26.8. The van der Waals surface area contributed by atoms with Crippen molar-refractivity contribution >= 4 is 5.91 Å². The summed E-state index contributed by atoms with van der Waals surface area (Å²) in [5.41, 5.74) is 3.23. The van der Waals surface area contributed by atoms with Crippen LogP contribution in [0.2, 0.25) is 0 Å². The molecule has 0 aliphatic carbocycles. The van der Waals surface area contributed by atoms with Crippen LogP contribution in [0.3, 0.4) is 0 Å². The molecule has 2 aromatic rings. The zero-order chi connectivity index (χ0) is 18.3. The highest BCUT2D eigenvalue weighted by atomic mass is 16.5. The molecule has 138 valence electrons. The molecule has 0 bridgehead atoms. The number of morpholine rings is 1. The molecule has 0 spiro atoms. The van der Waals surface area contributed by atoms with Crippen molar-refractivity contribution in [2.75, 3.05) is 26.7 Å². The number of piperidine rings is 1. The monoisotopic (exact) mass is 354 g/mol. The number of hydrogen-bond donors (Lipinski definition) is 0. The van der Waals surface area contributed by atoms with E-state index in [1.807, 2.05) is 48.1 Å². The lowest BCUT2D eigenvalue weighted by atomic mass is 9.76. The zero-order valence-electron chi connectivity index (χ0n) is 15.7. The number of benzene rings is 1. The molecule has 2 atom stereocenters. The highest BCUT2D eigenvalue weighted by Crippen LogP contribution is 2.42. The Morgan fingerprint density at radius 3 is 2.73 bits per heavy atom. The average Bonchev–Trinajstić information content (AvgIpc) is 2.98. The second kappa shape index (κ2) is 6.52. The van der Waals surface area contributed by atoms with E-state index in [0.29, 0.717) is 0 Å². The maximum absolute atomic E-state index is 12.4. The van der Waals surface area contributed by atoms with Crippen LogP contribution in [0.4, 0.5) is 0 Å². The lowest BCUT2D eigenvalue weighted by Gasteiger charge is -2.54. The molecule has 3 heterocycles. The number of rotatable bonds is 3. The van der Waals surface area contributed by atoms with E-state index in [1.54, 1.807) is 0 Å². The Morgan fingerprint density at radius 1 is 1.27 bits per heavy atom. The van der Waals surface area contributed by atoms with Crippen LogP contribution in [0.1, 0.15) is 23.2 Å². The van der Waals surface area contributed by atoms with Crippen LogP contribution < -0.4 is 0 Å². The maximum Gasteiger partial charge on any atom is 0.249 e. The van der Waals surface area contributed by atoms with Gasteiger partial charge in [-0.15, -0.1) is 0 Å². The minimum absolute atomic E-state index is 0.0293. The summed E-state index contributed by atoms with van der Waals surface area (Å²) >= 11 is 0. The molecule has 2 fully saturated rings. The minimum Gasteiger partial charge on any atom is -0.364 e. The van der Waals surface area contributed by atoms with E-state index in [4.69, 9.17) is 4.74 Å². The van der Waals surface area contributed by atoms with Crippen LogP contribution in [0.5, 0.6) is 0 Å². The van der Waals surface area contributed by atoms with Gasteiger partial charge >= 0.3 is 0 Å². The van der Waals surface area contributed by atoms with Gasteiger partial charge in [-0.1, -0.05) is 30.3 Å². The average molecular weight is 354 g/mol. The van der Waals surface area contributed by atoms with Crippen molar-refractivity contribution in [1.82, 2.24) is 19.6 Å². The van der Waals surface area contributed by atoms with Crippen molar-refractivity contribution in [2.24, 2.45) is 7.05 Å². The molecule has 1 aromatic carbocycles. The summed E-state index contributed by atoms with van der Waals surface area (Å²) in [7, 11) is 3.89. The van der Waals surface area contributed by atoms with Crippen molar-refractivity contribution in [1.29, 1.82) is 0 Å². The fourth-order valence-electron chi connectivity index (χ4n) is 4.37. The van der Waals surface area contributed by atoms with Crippen LogP contribution >= 0.6 is 0 Å². The fourth-order valence-corrected chi connectivity index (χ4v) is 4.37. The lowest BCUT2D eigenvalue weighted by Crippen LogP contribution is -2.66. The molecule has 26 heavy (non-hydrogen) atoms. The number of nitrogens with zero attached hydrogens (tertiary/aromatic N) is 4. The SMILES string of the molecule is Cc1c(CN2CC[C@]3(c4ccccc4)[C@@H](C2)OCC(=O)N3C)cnn1C. The first kappa shape index (κ1) is 17.2. The third kappa shape index (κ3) is 2.64. The minimum atomic E-state index is -0.378. The van der Waals surface area contributed by atoms with Gasteiger partial charge in [-0.25, -0.2) is 0 Å². The van der Waals surface area contributed by atoms with Gasteiger partial charge in [0.1, 0.15) is 6.61 Å². The molecule has 0 radical (unpaired) electrons. The number of aryl methyl sites for hydroxylation is 1. The van der Waals surface area contributed by atoms with Gasteiger partial charge in [-0.3, -0.25) is 14.4 Å². The van der Waals surface area contributed by atoms with Gasteiger partial charge < -0.3 is 9.64 Å². The number of hydrogen-bond acceptors (Lipinski definition) is 4. The molecular formula is C20H26N4O2. The molecule has 2 saturated heterocycles. The second-order valence-electron chi connectivity index (χ2n) is 7.41. The van der Waals surface area contributed by atoms with Crippen LogP contribution in [0, 0.1) is 6.92 Å². The molecule has 2 aliphatic heterocycles. The molecule has 6 heteroatoms. The number of aromatic nitrogens is 2. The summed E-state index contributed by atoms with van der Waals surface area (Å²) in [6, 6.07) is 10.3. The van der Waals surface area contributed by atoms with Gasteiger partial charge in [0.05, 0.1) is 17.8 Å². The summed E-state index contributed by atoms with van der Waals surface area (Å²) in [6.07, 6.45) is 2.79. The van der Waals surface area contributed by atoms with E-state index >= 15 is 0 Å². The number of carbonyl (C=O) groups is 1. The zero-order valence-corrected chi connectivity index (χ0v) is 15.7. The van der Waals surface area contributed by atoms with Crippen molar-refractivity contribution < 1.29 is 9.53 Å². The van der Waals surface area contributed by atoms with E-state index in [1.165, 1.54) is 11.3 Å². The highest BCUT2D eigenvalue weighted by molar-refractivity contribution is 5.79. The maximum atomic E-state index is 12.4. The lowest BCUT2D eigenvalue weighted by molar-refractivity contribution is -0.183. The summed E-state index contributed by atoms with van der Waals surface area (Å²) in [6.45, 7) is 4.85. The van der Waals surface area contributed by atoms with Crippen molar-refractivity contribution in [2.45, 2.75) is 31.5 Å². The predicted molar refractivity (Wildman–Crippen MR) is 98.5 cm³/mol. The van der Waals surface area contributed by atoms with E-state index in [0.717, 1.165) is 31.6 Å². The van der Waals surface area contributed by atoms with Crippen molar-refractivity contribution in [3.05, 3.63) is 53.3 Å². The molecule has 0 N–H and O–H groups in total. The number of carbonyl (C=O) groups excluding carboxylic acids is 1. The number of likely N-dealkylation sites (tertiary alicyclic amines) is 1. The van der Waals surface area contributed by atoms with E-state index in [9.17, 15) is 4.79 Å². The van der Waals surface area contributed by atoms with E-state index in [-0.39, 0.29) is 24.2 Å². The smallest absolute Gasteiger partial charge is 0.249 e. The standard InChI is InChI=1S/C20H26N4O2/c1-15-16(11-21-23(15)3)12-24-10-9-20(17-7-5-4-6-8-17)18(13-24)26-14-19(25)22(20)2/h4-8,11,18H,9-10,12-14H2,1-3H3/t18-,20+/m1/s1. The topological polar surface area (TPSA) is 50.6 Å². The van der Waals surface area contributed by atoms with Crippen LogP contribution in [-0.2, 0) is 28.7 Å². The van der Waals surface area contributed by atoms with Gasteiger partial charge in [0.25, 0.3) is 0 Å². The van der Waals surface area contributed by atoms with Crippen LogP contribution in [0.25, 0.3) is 0 Å². The fraction of sp³-hybridized carbons (Fsp3) is 0.500. The molecule has 0 saturated carbocycles. The first-order valence-electron chi connectivity index (χ1n) is 9.16. The molecule has 4 rings (SSSR count). The number of ether oxygens (including phenoxy) is 1. The largest absolute Gasteiger partial charge is 0.364 e. The Balaban J connectivity index is 1.61. The van der Waals surface area contributed by atoms with Gasteiger partial charge in [0, 0.05) is 45.0 Å². The summed E-state index contributed by atoms with van der Waals surface area (Å²) in [5.74, 6) is 0.0571. The molecule has 6 nitrogen and oxygen atoms in total. The van der Waals surface area contributed by atoms with Crippen LogP contribution in [-0.4, -0.2) is 58.3 Å². The highest BCUT2D eigenvalue weighted by Gasteiger charge is 2.52. The molecule has 2 aliphatic rings. The molecular weight excluding hydrogens is 328 g/mol. The first-order valence-corrected chi connectivity index (χ1v) is 9.16. The first-order chi connectivity index (χ1) is 12.5. The van der Waals surface area contributed by atoms with Crippen molar-refractivity contribution in [3.8, 4) is 0 Å². The van der Waals surface area contributed by atoms with E-state index < -0.39 is 0 Å². The van der Waals surface area contributed by atoms with Gasteiger partial charge in [0.2, 0.25) is 5.91 Å². The summed E-state index contributed by atoms with van der Waals surface area (Å²) in [5, 5.41) is 4.35. The van der Waals surface area contributed by atoms with Crippen LogP contribution in [0.15, 0.2) is 36.5 Å². The summed E-state index contributed by atoms with van der Waals surface area (Å²) in [4.78, 5) is 16.8. The molecule has 0 unspecified atom stereocenters. The Labute approximate surface area is 154 Å². The van der Waals surface area contributed by atoms with Crippen molar-refractivity contribution in [3.63, 3.8) is 0 Å². The number of amides is 1. The molecule has 1 aromatic heterocycles. The number of likely N-dealkylation sites (N-methyl/N-ethyl adjacent to an activating group) is 1. The Kier molecular flexibility index (Phi) is 4.32. The molecule has 1 amide bonds. The number of fused-ring (bicyclic) bond motifs is 1. The quantitative estimate of drug-likeness (QED) is 0.842. The van der Waals surface area contributed by atoms with Gasteiger partial charge in [0.15, 0.2) is 0 Å². The Bertz CT molecular complexity index is 803. The van der Waals surface area contributed by atoms with Gasteiger partial charge in [-0.05, 0) is 18.9 Å². The third-order valence-corrected chi connectivity index (χ3v) is 6.15. The van der Waals surface area contributed by atoms with Gasteiger partial charge in [-0.2, -0.15) is 5.10 Å². The third-order valence-electron chi connectivity index (χ3n) is 6.15.